The Balaban J connectivity index is 2.53. The highest BCUT2D eigenvalue weighted by Gasteiger charge is 2.01. The molecule has 0 aliphatic rings. The molecule has 1 atom stereocenters. The Kier molecular flexibility index (Phi) is 4.06. The normalized spacial score (nSPS) is 12.5. The first-order valence-corrected chi connectivity index (χ1v) is 4.67. The third kappa shape index (κ3) is 3.66. The van der Waals surface area contributed by atoms with Crippen LogP contribution in [-0.2, 0) is 0 Å². The summed E-state index contributed by atoms with van der Waals surface area (Å²) < 4.78 is 5.59. The lowest BCUT2D eigenvalue weighted by atomic mass is 10.3. The molecule has 0 aliphatic heterocycles. The molecule has 0 fully saturated rings. The van der Waals surface area contributed by atoms with Gasteiger partial charge in [0.1, 0.15) is 11.9 Å². The molecule has 1 N–H and O–H groups in total. The fourth-order valence-electron chi connectivity index (χ4n) is 1.10. The van der Waals surface area contributed by atoms with Gasteiger partial charge in [-0.1, -0.05) is 17.7 Å². The van der Waals surface area contributed by atoms with Crippen molar-refractivity contribution in [2.45, 2.75) is 13.0 Å². The third-order valence-electron chi connectivity index (χ3n) is 1.62. The standard InChI is InChI=1S/C10H14ClNO/c1-8(7-12-2)13-10-5-3-4-9(11)6-10/h3-6,8,12H,7H2,1-2H3/t8-/m0/s1. The van der Waals surface area contributed by atoms with Gasteiger partial charge in [-0.25, -0.2) is 0 Å². The third-order valence-corrected chi connectivity index (χ3v) is 1.86. The van der Waals surface area contributed by atoms with E-state index in [0.29, 0.717) is 5.02 Å². The van der Waals surface area contributed by atoms with Crippen LogP contribution in [0.2, 0.25) is 5.02 Å². The quantitative estimate of drug-likeness (QED) is 0.804. The highest BCUT2D eigenvalue weighted by Crippen LogP contribution is 2.17. The van der Waals surface area contributed by atoms with Gasteiger partial charge in [0.15, 0.2) is 0 Å². The number of likely N-dealkylation sites (N-methyl/N-ethyl adjacent to an activating group) is 1. The van der Waals surface area contributed by atoms with Crippen LogP contribution < -0.4 is 10.1 Å². The summed E-state index contributed by atoms with van der Waals surface area (Å²) in [5.41, 5.74) is 0. The summed E-state index contributed by atoms with van der Waals surface area (Å²) >= 11 is 5.81. The van der Waals surface area contributed by atoms with Crippen LogP contribution in [0.25, 0.3) is 0 Å². The fraction of sp³-hybridized carbons (Fsp3) is 0.400. The monoisotopic (exact) mass is 199 g/mol. The Morgan fingerprint density at radius 2 is 2.31 bits per heavy atom. The number of hydrogen-bond donors (Lipinski definition) is 1. The van der Waals surface area contributed by atoms with Crippen LogP contribution in [0.3, 0.4) is 0 Å². The average Bonchev–Trinajstić information content (AvgIpc) is 2.04. The van der Waals surface area contributed by atoms with Crippen molar-refractivity contribution in [1.29, 1.82) is 0 Å². The zero-order valence-corrected chi connectivity index (χ0v) is 8.64. The highest BCUT2D eigenvalue weighted by atomic mass is 35.5. The SMILES string of the molecule is CNC[C@H](C)Oc1cccc(Cl)c1. The summed E-state index contributed by atoms with van der Waals surface area (Å²) in [5.74, 6) is 0.815. The van der Waals surface area contributed by atoms with Gasteiger partial charge in [0.25, 0.3) is 0 Å². The van der Waals surface area contributed by atoms with Gasteiger partial charge in [-0.15, -0.1) is 0 Å². The van der Waals surface area contributed by atoms with Crippen molar-refractivity contribution in [2.75, 3.05) is 13.6 Å². The molecule has 3 heteroatoms. The first kappa shape index (κ1) is 10.4. The number of halogens is 1. The second kappa shape index (κ2) is 5.10. The van der Waals surface area contributed by atoms with Crippen molar-refractivity contribution in [3.05, 3.63) is 29.3 Å². The van der Waals surface area contributed by atoms with Gasteiger partial charge >= 0.3 is 0 Å². The Morgan fingerprint density at radius 1 is 1.54 bits per heavy atom. The first-order valence-electron chi connectivity index (χ1n) is 4.29. The largest absolute Gasteiger partial charge is 0.489 e. The smallest absolute Gasteiger partial charge is 0.121 e. The van der Waals surface area contributed by atoms with Crippen molar-refractivity contribution in [2.24, 2.45) is 0 Å². The van der Waals surface area contributed by atoms with Gasteiger partial charge in [-0.05, 0) is 32.2 Å². The minimum absolute atomic E-state index is 0.156. The van der Waals surface area contributed by atoms with Crippen molar-refractivity contribution in [1.82, 2.24) is 5.32 Å². The van der Waals surface area contributed by atoms with Crippen molar-refractivity contribution >= 4 is 11.6 Å². The van der Waals surface area contributed by atoms with E-state index in [9.17, 15) is 0 Å². The molecule has 0 amide bonds. The van der Waals surface area contributed by atoms with Gasteiger partial charge in [0.2, 0.25) is 0 Å². The molecule has 72 valence electrons. The van der Waals surface area contributed by atoms with Gasteiger partial charge in [0, 0.05) is 11.6 Å². The maximum absolute atomic E-state index is 5.81. The summed E-state index contributed by atoms with van der Waals surface area (Å²) in [6.07, 6.45) is 0.156. The van der Waals surface area contributed by atoms with Crippen LogP contribution in [0.1, 0.15) is 6.92 Å². The predicted octanol–water partition coefficient (Wildman–Crippen LogP) is 2.33. The van der Waals surface area contributed by atoms with E-state index in [0.717, 1.165) is 12.3 Å². The Morgan fingerprint density at radius 3 is 2.92 bits per heavy atom. The highest BCUT2D eigenvalue weighted by molar-refractivity contribution is 6.30. The van der Waals surface area contributed by atoms with E-state index in [4.69, 9.17) is 16.3 Å². The second-order valence-corrected chi connectivity index (χ2v) is 3.38. The number of hydrogen-bond acceptors (Lipinski definition) is 2. The van der Waals surface area contributed by atoms with Crippen LogP contribution in [0, 0.1) is 0 Å². The van der Waals surface area contributed by atoms with Crippen molar-refractivity contribution in [3.8, 4) is 5.75 Å². The number of ether oxygens (including phenoxy) is 1. The van der Waals surface area contributed by atoms with Crippen molar-refractivity contribution in [3.63, 3.8) is 0 Å². The molecule has 0 aliphatic carbocycles. The van der Waals surface area contributed by atoms with Crippen LogP contribution in [0.5, 0.6) is 5.75 Å². The van der Waals surface area contributed by atoms with Gasteiger partial charge in [-0.3, -0.25) is 0 Å². The minimum Gasteiger partial charge on any atom is -0.489 e. The number of benzene rings is 1. The second-order valence-electron chi connectivity index (χ2n) is 2.94. The molecule has 1 aromatic carbocycles. The van der Waals surface area contributed by atoms with Gasteiger partial charge in [0.05, 0.1) is 0 Å². The predicted molar refractivity (Wildman–Crippen MR) is 55.5 cm³/mol. The molecule has 1 rings (SSSR count). The summed E-state index contributed by atoms with van der Waals surface area (Å²) in [6, 6.07) is 7.42. The van der Waals surface area contributed by atoms with E-state index in [1.54, 1.807) is 0 Å². The van der Waals surface area contributed by atoms with Gasteiger partial charge in [-0.2, -0.15) is 0 Å². The lowest BCUT2D eigenvalue weighted by Crippen LogP contribution is -2.25. The lowest BCUT2D eigenvalue weighted by molar-refractivity contribution is 0.220. The molecular formula is C10H14ClNO. The molecule has 0 heterocycles. The molecule has 13 heavy (non-hydrogen) atoms. The maximum atomic E-state index is 5.81. The lowest BCUT2D eigenvalue weighted by Gasteiger charge is -2.13. The molecule has 0 saturated carbocycles. The van der Waals surface area contributed by atoms with Crippen LogP contribution in [0.4, 0.5) is 0 Å². The zero-order chi connectivity index (χ0) is 9.68. The van der Waals surface area contributed by atoms with Crippen LogP contribution in [-0.4, -0.2) is 19.7 Å². The minimum atomic E-state index is 0.156. The molecule has 0 aromatic heterocycles. The van der Waals surface area contributed by atoms with Crippen LogP contribution >= 0.6 is 11.6 Å². The summed E-state index contributed by atoms with van der Waals surface area (Å²) in [5, 5.41) is 3.75. The van der Waals surface area contributed by atoms with E-state index in [2.05, 4.69) is 5.32 Å². The molecule has 2 nitrogen and oxygen atoms in total. The van der Waals surface area contributed by atoms with Crippen LogP contribution in [0.15, 0.2) is 24.3 Å². The summed E-state index contributed by atoms with van der Waals surface area (Å²) in [6.45, 7) is 2.84. The Labute approximate surface area is 83.9 Å². The Hall–Kier alpha value is -0.730. The number of nitrogens with one attached hydrogen (secondary N) is 1. The molecular weight excluding hydrogens is 186 g/mol. The fourth-order valence-corrected chi connectivity index (χ4v) is 1.28. The molecule has 0 unspecified atom stereocenters. The van der Waals surface area contributed by atoms with Gasteiger partial charge < -0.3 is 10.1 Å². The molecule has 1 aromatic rings. The van der Waals surface area contributed by atoms with E-state index < -0.39 is 0 Å². The van der Waals surface area contributed by atoms with E-state index in [-0.39, 0.29) is 6.10 Å². The molecule has 0 spiro atoms. The molecule has 0 radical (unpaired) electrons. The van der Waals surface area contributed by atoms with Crippen molar-refractivity contribution < 1.29 is 4.74 Å². The van der Waals surface area contributed by atoms with E-state index in [1.807, 2.05) is 38.2 Å². The summed E-state index contributed by atoms with van der Waals surface area (Å²) in [7, 11) is 1.90. The topological polar surface area (TPSA) is 21.3 Å². The molecule has 0 bridgehead atoms. The Bertz CT molecular complexity index is 265. The van der Waals surface area contributed by atoms with E-state index >= 15 is 0 Å². The first-order chi connectivity index (χ1) is 6.22. The molecule has 0 saturated heterocycles. The number of rotatable bonds is 4. The maximum Gasteiger partial charge on any atom is 0.121 e. The van der Waals surface area contributed by atoms with E-state index in [1.165, 1.54) is 0 Å². The summed E-state index contributed by atoms with van der Waals surface area (Å²) in [4.78, 5) is 0. The zero-order valence-electron chi connectivity index (χ0n) is 7.88. The average molecular weight is 200 g/mol.